The Hall–Kier alpha value is -1.31. The van der Waals surface area contributed by atoms with Crippen LogP contribution in [-0.2, 0) is 19.4 Å². The van der Waals surface area contributed by atoms with Crippen LogP contribution in [0.2, 0.25) is 0 Å². The zero-order valence-corrected chi connectivity index (χ0v) is 11.0. The quantitative estimate of drug-likeness (QED) is 0.742. The third kappa shape index (κ3) is 8.49. The highest BCUT2D eigenvalue weighted by Gasteiger charge is 2.26. The summed E-state index contributed by atoms with van der Waals surface area (Å²) in [5.74, 6) is -2.11. The fourth-order valence-electron chi connectivity index (χ4n) is 0.927. The van der Waals surface area contributed by atoms with E-state index in [2.05, 4.69) is 0 Å². The maximum atomic E-state index is 11.3. The molecule has 0 rings (SSSR count). The predicted molar refractivity (Wildman–Crippen MR) is 60.5 cm³/mol. The van der Waals surface area contributed by atoms with Crippen LogP contribution in [0.4, 0.5) is 4.79 Å². The molecule has 0 spiro atoms. The Morgan fingerprint density at radius 2 is 1.82 bits per heavy atom. The molecule has 0 aliphatic heterocycles. The van der Waals surface area contributed by atoms with Crippen LogP contribution in [0.1, 0.15) is 20.8 Å². The largest absolute Gasteiger partial charge is 0.480 e. The molecule has 100 valence electrons. The van der Waals surface area contributed by atoms with E-state index < -0.39 is 39.3 Å². The predicted octanol–water partition coefficient (Wildman–Crippen LogP) is 0.00890. The van der Waals surface area contributed by atoms with Crippen molar-refractivity contribution in [3.63, 3.8) is 0 Å². The van der Waals surface area contributed by atoms with E-state index in [9.17, 15) is 18.0 Å². The van der Waals surface area contributed by atoms with Crippen molar-refractivity contribution in [1.82, 2.24) is 5.32 Å². The first-order chi connectivity index (χ1) is 7.41. The molecule has 0 saturated heterocycles. The number of sulfone groups is 1. The lowest BCUT2D eigenvalue weighted by atomic mass is 10.2. The fourth-order valence-corrected chi connectivity index (χ4v) is 1.76. The summed E-state index contributed by atoms with van der Waals surface area (Å²) in [6.07, 6.45) is -0.0757. The van der Waals surface area contributed by atoms with Gasteiger partial charge in [-0.1, -0.05) is 0 Å². The van der Waals surface area contributed by atoms with Crippen molar-refractivity contribution in [3.05, 3.63) is 0 Å². The van der Waals surface area contributed by atoms with Gasteiger partial charge in [-0.25, -0.2) is 18.0 Å². The number of nitrogens with one attached hydrogen (secondary N) is 1. The molecule has 0 fully saturated rings. The first kappa shape index (κ1) is 15.7. The molecule has 1 atom stereocenters. The van der Waals surface area contributed by atoms with Gasteiger partial charge >= 0.3 is 12.1 Å². The summed E-state index contributed by atoms with van der Waals surface area (Å²) in [4.78, 5) is 22.0. The first-order valence-corrected chi connectivity index (χ1v) is 6.87. The van der Waals surface area contributed by atoms with Gasteiger partial charge in [-0.15, -0.1) is 0 Å². The molecular weight excluding hydrogens is 250 g/mol. The summed E-state index contributed by atoms with van der Waals surface area (Å²) in [6.45, 7) is 4.83. The van der Waals surface area contributed by atoms with E-state index in [0.717, 1.165) is 6.26 Å². The minimum atomic E-state index is -3.51. The van der Waals surface area contributed by atoms with Crippen molar-refractivity contribution < 1.29 is 27.9 Å². The second-order valence-corrected chi connectivity index (χ2v) is 6.81. The molecule has 0 heterocycles. The number of ether oxygens (including phenoxy) is 1. The molecule has 0 aromatic rings. The van der Waals surface area contributed by atoms with E-state index in [1.807, 2.05) is 5.32 Å². The van der Waals surface area contributed by atoms with Crippen molar-refractivity contribution in [1.29, 1.82) is 0 Å². The van der Waals surface area contributed by atoms with Gasteiger partial charge in [0, 0.05) is 6.26 Å². The average Bonchev–Trinajstić information content (AvgIpc) is 1.95. The number of aliphatic carboxylic acids is 1. The van der Waals surface area contributed by atoms with E-state index in [1.165, 1.54) is 0 Å². The highest BCUT2D eigenvalue weighted by molar-refractivity contribution is 7.90. The number of rotatable bonds is 4. The summed E-state index contributed by atoms with van der Waals surface area (Å²) in [6, 6.07) is -1.51. The maximum Gasteiger partial charge on any atom is 0.408 e. The van der Waals surface area contributed by atoms with Gasteiger partial charge in [-0.2, -0.15) is 0 Å². The molecule has 0 aromatic heterocycles. The highest BCUT2D eigenvalue weighted by atomic mass is 32.2. The van der Waals surface area contributed by atoms with Gasteiger partial charge in [0.2, 0.25) is 0 Å². The van der Waals surface area contributed by atoms with Crippen LogP contribution in [-0.4, -0.2) is 49.2 Å². The number of carboxylic acid groups (broad SMARTS) is 1. The third-order valence-electron chi connectivity index (χ3n) is 1.46. The SMILES string of the molecule is CC(C)(C)OC(=O)N[C@H](CS(C)(=O)=O)C(=O)O. The summed E-state index contributed by atoms with van der Waals surface area (Å²) >= 11 is 0. The van der Waals surface area contributed by atoms with Gasteiger partial charge in [0.15, 0.2) is 0 Å². The Labute approximate surface area is 100 Å². The van der Waals surface area contributed by atoms with Gasteiger partial charge in [-0.05, 0) is 20.8 Å². The van der Waals surface area contributed by atoms with Crippen molar-refractivity contribution in [2.45, 2.75) is 32.4 Å². The molecule has 1 amide bonds. The molecule has 0 bridgehead atoms. The zero-order valence-electron chi connectivity index (χ0n) is 10.2. The third-order valence-corrected chi connectivity index (χ3v) is 2.40. The lowest BCUT2D eigenvalue weighted by Gasteiger charge is -2.21. The number of amides is 1. The number of carbonyl (C=O) groups excluding carboxylic acids is 1. The number of carbonyl (C=O) groups is 2. The standard InChI is InChI=1S/C9H17NO6S/c1-9(2,3)16-8(13)10-6(7(11)12)5-17(4,14)15/h6H,5H2,1-4H3,(H,10,13)(H,11,12)/t6-/m1/s1. The molecule has 0 aliphatic carbocycles. The number of alkyl carbamates (subject to hydrolysis) is 1. The van der Waals surface area contributed by atoms with Crippen LogP contribution in [0.3, 0.4) is 0 Å². The average molecular weight is 267 g/mol. The Morgan fingerprint density at radius 3 is 2.12 bits per heavy atom. The molecule has 17 heavy (non-hydrogen) atoms. The normalized spacial score (nSPS) is 13.9. The lowest BCUT2D eigenvalue weighted by molar-refractivity contribution is -0.138. The highest BCUT2D eigenvalue weighted by Crippen LogP contribution is 2.07. The minimum absolute atomic E-state index is 0.679. The van der Waals surface area contributed by atoms with Crippen molar-refractivity contribution in [2.75, 3.05) is 12.0 Å². The summed E-state index contributed by atoms with van der Waals surface area (Å²) in [7, 11) is -3.51. The Kier molecular flexibility index (Phi) is 4.94. The van der Waals surface area contributed by atoms with Gasteiger partial charge in [0.25, 0.3) is 0 Å². The molecule has 0 radical (unpaired) electrons. The number of hydrogen-bond donors (Lipinski definition) is 2. The summed E-state index contributed by atoms with van der Waals surface area (Å²) in [5.41, 5.74) is -0.780. The topological polar surface area (TPSA) is 110 Å². The second-order valence-electron chi connectivity index (χ2n) is 4.63. The molecule has 7 nitrogen and oxygen atoms in total. The molecule has 0 aliphatic rings. The van der Waals surface area contributed by atoms with Crippen LogP contribution in [0, 0.1) is 0 Å². The summed E-state index contributed by atoms with van der Waals surface area (Å²) in [5, 5.41) is 10.7. The van der Waals surface area contributed by atoms with Gasteiger partial charge < -0.3 is 15.2 Å². The van der Waals surface area contributed by atoms with Crippen molar-refractivity contribution in [2.24, 2.45) is 0 Å². The Morgan fingerprint density at radius 1 is 1.35 bits per heavy atom. The minimum Gasteiger partial charge on any atom is -0.480 e. The second kappa shape index (κ2) is 5.35. The Balaban J connectivity index is 4.58. The van der Waals surface area contributed by atoms with Gasteiger partial charge in [0.05, 0.1) is 5.75 Å². The first-order valence-electron chi connectivity index (χ1n) is 4.81. The van der Waals surface area contributed by atoms with E-state index in [-0.39, 0.29) is 0 Å². The van der Waals surface area contributed by atoms with Crippen LogP contribution >= 0.6 is 0 Å². The molecule has 0 unspecified atom stereocenters. The zero-order chi connectivity index (χ0) is 13.9. The monoisotopic (exact) mass is 267 g/mol. The van der Waals surface area contributed by atoms with Gasteiger partial charge in [0.1, 0.15) is 21.5 Å². The lowest BCUT2D eigenvalue weighted by Crippen LogP contribution is -2.47. The van der Waals surface area contributed by atoms with Crippen molar-refractivity contribution >= 4 is 21.9 Å². The van der Waals surface area contributed by atoms with Crippen molar-refractivity contribution in [3.8, 4) is 0 Å². The van der Waals surface area contributed by atoms with Crippen LogP contribution in [0.25, 0.3) is 0 Å². The van der Waals surface area contributed by atoms with E-state index >= 15 is 0 Å². The smallest absolute Gasteiger partial charge is 0.408 e. The molecule has 0 aromatic carbocycles. The molecular formula is C9H17NO6S. The van der Waals surface area contributed by atoms with Crippen LogP contribution < -0.4 is 5.32 Å². The van der Waals surface area contributed by atoms with Crippen LogP contribution in [0.5, 0.6) is 0 Å². The molecule has 8 heteroatoms. The molecule has 0 saturated carbocycles. The summed E-state index contributed by atoms with van der Waals surface area (Å²) < 4.78 is 26.7. The van der Waals surface area contributed by atoms with E-state index in [4.69, 9.17) is 9.84 Å². The van der Waals surface area contributed by atoms with Crippen LogP contribution in [0.15, 0.2) is 0 Å². The Bertz CT molecular complexity index is 394. The number of carboxylic acids is 1. The number of hydrogen-bond acceptors (Lipinski definition) is 5. The molecule has 2 N–H and O–H groups in total. The maximum absolute atomic E-state index is 11.3. The fraction of sp³-hybridized carbons (Fsp3) is 0.778. The van der Waals surface area contributed by atoms with Gasteiger partial charge in [-0.3, -0.25) is 0 Å². The van der Waals surface area contributed by atoms with E-state index in [1.54, 1.807) is 20.8 Å². The van der Waals surface area contributed by atoms with E-state index in [0.29, 0.717) is 0 Å².